The molecule has 39 heavy (non-hydrogen) atoms. The van der Waals surface area contributed by atoms with Crippen molar-refractivity contribution in [2.45, 2.75) is 44.6 Å². The van der Waals surface area contributed by atoms with E-state index in [4.69, 9.17) is 9.41 Å². The number of nitrogens with zero attached hydrogens (tertiary/aromatic N) is 1. The van der Waals surface area contributed by atoms with E-state index in [1.165, 1.54) is 38.8 Å². The summed E-state index contributed by atoms with van der Waals surface area (Å²) in [6.45, 7) is 5.50. The second-order valence-electron chi connectivity index (χ2n) is 11.2. The van der Waals surface area contributed by atoms with Crippen LogP contribution in [0.1, 0.15) is 66.3 Å². The second-order valence-corrected chi connectivity index (χ2v) is 11.2. The van der Waals surface area contributed by atoms with Gasteiger partial charge in [-0.3, -0.25) is 4.99 Å². The first-order valence-corrected chi connectivity index (χ1v) is 14.1. The first-order valence-electron chi connectivity index (χ1n) is 14.1. The Morgan fingerprint density at radius 2 is 1.97 bits per heavy atom. The van der Waals surface area contributed by atoms with E-state index in [-0.39, 0.29) is 11.5 Å². The van der Waals surface area contributed by atoms with Crippen molar-refractivity contribution in [2.24, 2.45) is 4.99 Å². The molecular formula is C35H31N3O. The Bertz CT molecular complexity index is 1800. The Labute approximate surface area is 228 Å². The number of rotatable bonds is 3. The van der Waals surface area contributed by atoms with Gasteiger partial charge in [0.2, 0.25) is 0 Å². The van der Waals surface area contributed by atoms with Gasteiger partial charge in [0.05, 0.1) is 0 Å². The predicted molar refractivity (Wildman–Crippen MR) is 160 cm³/mol. The molecule has 0 amide bonds. The van der Waals surface area contributed by atoms with E-state index >= 15 is 0 Å². The largest absolute Gasteiger partial charge is 0.460 e. The lowest BCUT2D eigenvalue weighted by Gasteiger charge is -2.29. The molecule has 2 aliphatic carbocycles. The van der Waals surface area contributed by atoms with E-state index in [0.717, 1.165) is 59.9 Å². The van der Waals surface area contributed by atoms with Crippen LogP contribution in [-0.4, -0.2) is 12.4 Å². The molecular weight excluding hydrogens is 478 g/mol. The molecule has 2 unspecified atom stereocenters. The summed E-state index contributed by atoms with van der Waals surface area (Å²) >= 11 is 0. The number of hydrogen-bond donors (Lipinski definition) is 2. The van der Waals surface area contributed by atoms with Crippen LogP contribution in [0.15, 0.2) is 94.0 Å². The summed E-state index contributed by atoms with van der Waals surface area (Å²) in [7, 11) is 0. The Balaban J connectivity index is 1.29. The Morgan fingerprint density at radius 1 is 1.05 bits per heavy atom. The summed E-state index contributed by atoms with van der Waals surface area (Å²) in [6.07, 6.45) is 13.9. The van der Waals surface area contributed by atoms with Crippen molar-refractivity contribution in [3.05, 3.63) is 118 Å². The van der Waals surface area contributed by atoms with Gasteiger partial charge >= 0.3 is 0 Å². The molecule has 1 aromatic heterocycles. The summed E-state index contributed by atoms with van der Waals surface area (Å²) in [4.78, 5) is 5.26. The number of dihydropyridines is 1. The maximum Gasteiger partial charge on any atom is 0.139 e. The normalized spacial score (nSPS) is 22.3. The van der Waals surface area contributed by atoms with Crippen LogP contribution in [0.5, 0.6) is 0 Å². The van der Waals surface area contributed by atoms with Gasteiger partial charge in [-0.15, -0.1) is 0 Å². The van der Waals surface area contributed by atoms with Gasteiger partial charge in [-0.1, -0.05) is 74.5 Å². The highest BCUT2D eigenvalue weighted by Gasteiger charge is 2.41. The molecule has 0 bridgehead atoms. The molecule has 192 valence electrons. The third-order valence-corrected chi connectivity index (χ3v) is 9.13. The van der Waals surface area contributed by atoms with Crippen molar-refractivity contribution in [1.82, 2.24) is 5.32 Å². The van der Waals surface area contributed by atoms with E-state index in [2.05, 4.69) is 109 Å². The minimum atomic E-state index is -0.104. The molecule has 2 aliphatic heterocycles. The van der Waals surface area contributed by atoms with Gasteiger partial charge in [0, 0.05) is 57.4 Å². The lowest BCUT2D eigenvalue weighted by Crippen LogP contribution is -2.27. The second kappa shape index (κ2) is 8.34. The van der Waals surface area contributed by atoms with E-state index in [1.807, 2.05) is 0 Å². The van der Waals surface area contributed by atoms with Gasteiger partial charge in [0.1, 0.15) is 23.2 Å². The van der Waals surface area contributed by atoms with Crippen LogP contribution in [0.4, 0.5) is 5.69 Å². The van der Waals surface area contributed by atoms with E-state index in [9.17, 15) is 0 Å². The van der Waals surface area contributed by atoms with Crippen molar-refractivity contribution in [3.63, 3.8) is 0 Å². The standard InChI is InChI=1S/C35H31N3O/c1-3-35(2)27-18-15-21(34-37-28-12-6-4-11-25(28)32(38-34)29-13-8-9-19-36-29)20-26(27)23-16-17-24-22-10-5-7-14-30(22)39-33(24)31(23)35/h4-6,8-13,15-18,20,32,36H,3,7,14,19H2,1-2H3,(H,37,38). The van der Waals surface area contributed by atoms with E-state index in [0.29, 0.717) is 0 Å². The predicted octanol–water partition coefficient (Wildman–Crippen LogP) is 8.05. The van der Waals surface area contributed by atoms with Gasteiger partial charge in [-0.05, 0) is 53.8 Å². The molecule has 0 radical (unpaired) electrons. The van der Waals surface area contributed by atoms with Crippen molar-refractivity contribution in [3.8, 4) is 11.1 Å². The van der Waals surface area contributed by atoms with E-state index in [1.54, 1.807) is 0 Å². The smallest absolute Gasteiger partial charge is 0.139 e. The van der Waals surface area contributed by atoms with Gasteiger partial charge in [-0.2, -0.15) is 0 Å². The van der Waals surface area contributed by atoms with Gasteiger partial charge in [0.25, 0.3) is 0 Å². The number of nitrogens with one attached hydrogen (secondary N) is 2. The monoisotopic (exact) mass is 509 g/mol. The number of furan rings is 1. The van der Waals surface area contributed by atoms with Crippen molar-refractivity contribution < 1.29 is 4.42 Å². The molecule has 0 saturated carbocycles. The molecule has 0 spiro atoms. The number of amidine groups is 1. The summed E-state index contributed by atoms with van der Waals surface area (Å²) in [5, 5.41) is 8.43. The number of aliphatic imine (C=N–C) groups is 1. The molecule has 0 fully saturated rings. The number of anilines is 1. The molecule has 3 heterocycles. The van der Waals surface area contributed by atoms with Crippen LogP contribution < -0.4 is 10.6 Å². The Morgan fingerprint density at radius 3 is 2.85 bits per heavy atom. The van der Waals surface area contributed by atoms with Crippen molar-refractivity contribution >= 4 is 28.6 Å². The number of hydrogen-bond acceptors (Lipinski definition) is 4. The Kier molecular flexibility index (Phi) is 4.85. The summed E-state index contributed by atoms with van der Waals surface area (Å²) in [5.41, 5.74) is 12.0. The maximum absolute atomic E-state index is 6.62. The van der Waals surface area contributed by atoms with Crippen LogP contribution in [0.3, 0.4) is 0 Å². The minimum Gasteiger partial charge on any atom is -0.460 e. The fraction of sp³-hybridized carbons (Fsp3) is 0.229. The van der Waals surface area contributed by atoms with Crippen LogP contribution in [0.2, 0.25) is 0 Å². The topological polar surface area (TPSA) is 49.6 Å². The number of fused-ring (bicyclic) bond motifs is 8. The van der Waals surface area contributed by atoms with E-state index < -0.39 is 0 Å². The highest BCUT2D eigenvalue weighted by Crippen LogP contribution is 2.54. The average molecular weight is 510 g/mol. The molecule has 4 heteroatoms. The first kappa shape index (κ1) is 22.7. The highest BCUT2D eigenvalue weighted by molar-refractivity contribution is 6.11. The maximum atomic E-state index is 6.62. The lowest BCUT2D eigenvalue weighted by molar-refractivity contribution is 0.518. The fourth-order valence-corrected chi connectivity index (χ4v) is 6.94. The zero-order chi connectivity index (χ0) is 26.1. The molecule has 2 atom stereocenters. The SMILES string of the molecule is CCC1(C)c2ccc(C3=NC(C4=CC=CCN4)c4ccccc4N3)cc2-c2ccc3c4c(oc3c21)CCC=C4. The zero-order valence-corrected chi connectivity index (χ0v) is 22.3. The van der Waals surface area contributed by atoms with Crippen LogP contribution in [0, 0.1) is 0 Å². The molecule has 0 saturated heterocycles. The highest BCUT2D eigenvalue weighted by atomic mass is 16.3. The summed E-state index contributed by atoms with van der Waals surface area (Å²) in [6, 6.07) is 19.9. The molecule has 3 aromatic carbocycles. The Hall–Kier alpha value is -4.31. The number of allylic oxidation sites excluding steroid dienone is 3. The van der Waals surface area contributed by atoms with Crippen molar-refractivity contribution in [1.29, 1.82) is 0 Å². The van der Waals surface area contributed by atoms with Crippen LogP contribution >= 0.6 is 0 Å². The number of aryl methyl sites for hydroxylation is 1. The van der Waals surface area contributed by atoms with Crippen molar-refractivity contribution in [2.75, 3.05) is 11.9 Å². The quantitative estimate of drug-likeness (QED) is 0.294. The third kappa shape index (κ3) is 3.21. The zero-order valence-electron chi connectivity index (χ0n) is 22.3. The molecule has 4 aromatic rings. The summed E-state index contributed by atoms with van der Waals surface area (Å²) < 4.78 is 6.62. The lowest BCUT2D eigenvalue weighted by atomic mass is 9.77. The summed E-state index contributed by atoms with van der Waals surface area (Å²) in [5.74, 6) is 2.03. The number of benzene rings is 3. The first-order chi connectivity index (χ1) is 19.2. The van der Waals surface area contributed by atoms with Gasteiger partial charge in [-0.25, -0.2) is 0 Å². The van der Waals surface area contributed by atoms with Crippen LogP contribution in [0.25, 0.3) is 28.2 Å². The molecule has 8 rings (SSSR count). The molecule has 4 aliphatic rings. The minimum absolute atomic E-state index is 0.0639. The number of para-hydroxylation sites is 1. The third-order valence-electron chi connectivity index (χ3n) is 9.13. The van der Waals surface area contributed by atoms with Gasteiger partial charge in [0.15, 0.2) is 0 Å². The fourth-order valence-electron chi connectivity index (χ4n) is 6.94. The van der Waals surface area contributed by atoms with Crippen LogP contribution in [-0.2, 0) is 11.8 Å². The molecule has 4 nitrogen and oxygen atoms in total. The van der Waals surface area contributed by atoms with Gasteiger partial charge < -0.3 is 15.1 Å². The molecule has 2 N–H and O–H groups in total. The average Bonchev–Trinajstić information content (AvgIpc) is 3.50.